The molecule has 5 nitrogen and oxygen atoms in total. The number of carbonyl (C=O) groups excluding carboxylic acids is 1. The second-order valence-corrected chi connectivity index (χ2v) is 5.77. The minimum Gasteiger partial charge on any atom is -0.397 e. The zero-order chi connectivity index (χ0) is 14.7. The van der Waals surface area contributed by atoms with Gasteiger partial charge in [0.2, 0.25) is 5.91 Å². The van der Waals surface area contributed by atoms with Gasteiger partial charge in [-0.25, -0.2) is 0 Å². The molecule has 1 aliphatic heterocycles. The minimum absolute atomic E-state index is 0.204. The standard InChI is InChI=1S/C13H17Cl2N3O2/c14-8-4-10(15)13(11(16)5-8)17-12(20)7-18-3-1-2-9(19)6-18/h4-5,9,19H,1-3,6-7,16H2,(H,17,20). The first kappa shape index (κ1) is 15.4. The number of hydrogen-bond acceptors (Lipinski definition) is 4. The van der Waals surface area contributed by atoms with Crippen molar-refractivity contribution >= 4 is 40.5 Å². The fourth-order valence-corrected chi connectivity index (χ4v) is 2.84. The maximum atomic E-state index is 12.0. The monoisotopic (exact) mass is 317 g/mol. The second-order valence-electron chi connectivity index (χ2n) is 4.93. The maximum Gasteiger partial charge on any atom is 0.238 e. The van der Waals surface area contributed by atoms with E-state index in [2.05, 4.69) is 5.32 Å². The van der Waals surface area contributed by atoms with Crippen LogP contribution in [0.5, 0.6) is 0 Å². The Morgan fingerprint density at radius 1 is 1.50 bits per heavy atom. The van der Waals surface area contributed by atoms with Crippen LogP contribution in [-0.2, 0) is 4.79 Å². The molecule has 1 heterocycles. The van der Waals surface area contributed by atoms with Gasteiger partial charge in [0.1, 0.15) is 0 Å². The van der Waals surface area contributed by atoms with E-state index >= 15 is 0 Å². The van der Waals surface area contributed by atoms with Crippen molar-refractivity contribution in [2.24, 2.45) is 0 Å². The summed E-state index contributed by atoms with van der Waals surface area (Å²) in [7, 11) is 0. The van der Waals surface area contributed by atoms with Crippen LogP contribution >= 0.6 is 23.2 Å². The highest BCUT2D eigenvalue weighted by molar-refractivity contribution is 6.37. The molecule has 1 atom stereocenters. The van der Waals surface area contributed by atoms with Crippen LogP contribution in [0.25, 0.3) is 0 Å². The van der Waals surface area contributed by atoms with Crippen molar-refractivity contribution in [3.63, 3.8) is 0 Å². The number of hydrogen-bond donors (Lipinski definition) is 3. The molecule has 0 aliphatic carbocycles. The molecule has 0 spiro atoms. The summed E-state index contributed by atoms with van der Waals surface area (Å²) in [6.07, 6.45) is 1.31. The fourth-order valence-electron chi connectivity index (χ4n) is 2.28. The molecule has 2 rings (SSSR count). The molecule has 0 saturated carbocycles. The fraction of sp³-hybridized carbons (Fsp3) is 0.462. The van der Waals surface area contributed by atoms with E-state index in [4.69, 9.17) is 28.9 Å². The SMILES string of the molecule is Nc1cc(Cl)cc(Cl)c1NC(=O)CN1CCCC(O)C1. The number of aliphatic hydroxyl groups is 1. The molecule has 0 aromatic heterocycles. The van der Waals surface area contributed by atoms with E-state index in [0.29, 0.717) is 28.0 Å². The van der Waals surface area contributed by atoms with Crippen LogP contribution in [0.4, 0.5) is 11.4 Å². The number of nitrogen functional groups attached to an aromatic ring is 1. The summed E-state index contributed by atoms with van der Waals surface area (Å²) in [5.41, 5.74) is 6.49. The van der Waals surface area contributed by atoms with E-state index in [-0.39, 0.29) is 18.6 Å². The molecule has 4 N–H and O–H groups in total. The number of β-amino-alcohol motifs (C(OH)–C–C–N with tert-alkyl or cyclic N) is 1. The molecule has 1 aromatic rings. The van der Waals surface area contributed by atoms with Gasteiger partial charge in [-0.3, -0.25) is 9.69 Å². The smallest absolute Gasteiger partial charge is 0.238 e. The van der Waals surface area contributed by atoms with Crippen molar-refractivity contribution in [3.8, 4) is 0 Å². The highest BCUT2D eigenvalue weighted by atomic mass is 35.5. The van der Waals surface area contributed by atoms with Crippen LogP contribution in [0.3, 0.4) is 0 Å². The van der Waals surface area contributed by atoms with Crippen LogP contribution in [0.1, 0.15) is 12.8 Å². The van der Waals surface area contributed by atoms with E-state index in [0.717, 1.165) is 19.4 Å². The van der Waals surface area contributed by atoms with Gasteiger partial charge in [0.05, 0.1) is 29.0 Å². The first-order chi connectivity index (χ1) is 9.45. The largest absolute Gasteiger partial charge is 0.397 e. The molecule has 1 saturated heterocycles. The molecule has 0 bridgehead atoms. The summed E-state index contributed by atoms with van der Waals surface area (Å²) in [5.74, 6) is -0.213. The quantitative estimate of drug-likeness (QED) is 0.745. The Hall–Kier alpha value is -1.01. The lowest BCUT2D eigenvalue weighted by molar-refractivity contribution is -0.118. The number of anilines is 2. The predicted molar refractivity (Wildman–Crippen MR) is 81.2 cm³/mol. The third-order valence-corrected chi connectivity index (χ3v) is 3.71. The third-order valence-electron chi connectivity index (χ3n) is 3.20. The van der Waals surface area contributed by atoms with Crippen LogP contribution < -0.4 is 11.1 Å². The number of benzene rings is 1. The summed E-state index contributed by atoms with van der Waals surface area (Å²) < 4.78 is 0. The van der Waals surface area contributed by atoms with Crippen molar-refractivity contribution in [1.82, 2.24) is 4.90 Å². The van der Waals surface area contributed by atoms with Gasteiger partial charge in [-0.2, -0.15) is 0 Å². The van der Waals surface area contributed by atoms with Gasteiger partial charge < -0.3 is 16.2 Å². The van der Waals surface area contributed by atoms with Crippen molar-refractivity contribution in [2.75, 3.05) is 30.7 Å². The van der Waals surface area contributed by atoms with E-state index in [1.165, 1.54) is 12.1 Å². The number of rotatable bonds is 3. The number of nitrogens with two attached hydrogens (primary N) is 1. The van der Waals surface area contributed by atoms with Gasteiger partial charge >= 0.3 is 0 Å². The topological polar surface area (TPSA) is 78.6 Å². The van der Waals surface area contributed by atoms with E-state index in [1.807, 2.05) is 4.90 Å². The number of halogens is 2. The Morgan fingerprint density at radius 2 is 2.25 bits per heavy atom. The zero-order valence-electron chi connectivity index (χ0n) is 10.9. The second kappa shape index (κ2) is 6.63. The van der Waals surface area contributed by atoms with Crippen molar-refractivity contribution < 1.29 is 9.90 Å². The number of nitrogens with zero attached hydrogens (tertiary/aromatic N) is 1. The lowest BCUT2D eigenvalue weighted by atomic mass is 10.1. The molecule has 1 aromatic carbocycles. The van der Waals surface area contributed by atoms with E-state index < -0.39 is 0 Å². The Kier molecular flexibility index (Phi) is 5.10. The normalized spacial score (nSPS) is 19.9. The Bertz CT molecular complexity index is 487. The zero-order valence-corrected chi connectivity index (χ0v) is 12.4. The van der Waals surface area contributed by atoms with Crippen LogP contribution in [0, 0.1) is 0 Å². The van der Waals surface area contributed by atoms with E-state index in [1.54, 1.807) is 0 Å². The van der Waals surface area contributed by atoms with E-state index in [9.17, 15) is 9.90 Å². The summed E-state index contributed by atoms with van der Waals surface area (Å²) in [6.45, 7) is 1.51. The Morgan fingerprint density at radius 3 is 2.90 bits per heavy atom. The first-order valence-corrected chi connectivity index (χ1v) is 7.16. The summed E-state index contributed by atoms with van der Waals surface area (Å²) >= 11 is 11.8. The lowest BCUT2D eigenvalue weighted by Gasteiger charge is -2.29. The third kappa shape index (κ3) is 3.99. The predicted octanol–water partition coefficient (Wildman–Crippen LogP) is 1.97. The van der Waals surface area contributed by atoms with Crippen LogP contribution in [0.2, 0.25) is 10.0 Å². The van der Waals surface area contributed by atoms with Crippen molar-refractivity contribution in [2.45, 2.75) is 18.9 Å². The average Bonchev–Trinajstić information content (AvgIpc) is 2.33. The minimum atomic E-state index is -0.360. The number of nitrogens with one attached hydrogen (secondary N) is 1. The van der Waals surface area contributed by atoms with Gasteiger partial charge in [-0.1, -0.05) is 23.2 Å². The first-order valence-electron chi connectivity index (χ1n) is 6.40. The molecule has 7 heteroatoms. The summed E-state index contributed by atoms with van der Waals surface area (Å²) in [6, 6.07) is 3.06. The Labute approximate surface area is 127 Å². The van der Waals surface area contributed by atoms with Crippen molar-refractivity contribution in [1.29, 1.82) is 0 Å². The molecular formula is C13H17Cl2N3O2. The van der Waals surface area contributed by atoms with Gasteiger partial charge in [-0.15, -0.1) is 0 Å². The summed E-state index contributed by atoms with van der Waals surface area (Å²) in [5, 5.41) is 13.0. The number of amides is 1. The molecule has 1 amide bonds. The molecule has 0 radical (unpaired) electrons. The molecular weight excluding hydrogens is 301 g/mol. The number of aliphatic hydroxyl groups excluding tert-OH is 1. The van der Waals surface area contributed by atoms with Crippen LogP contribution in [-0.4, -0.2) is 41.7 Å². The highest BCUT2D eigenvalue weighted by Gasteiger charge is 2.20. The average molecular weight is 318 g/mol. The molecule has 1 fully saturated rings. The summed E-state index contributed by atoms with van der Waals surface area (Å²) in [4.78, 5) is 13.9. The number of carbonyl (C=O) groups is 1. The maximum absolute atomic E-state index is 12.0. The van der Waals surface area contributed by atoms with Crippen molar-refractivity contribution in [3.05, 3.63) is 22.2 Å². The molecule has 1 aliphatic rings. The van der Waals surface area contributed by atoms with Gasteiger partial charge in [0.25, 0.3) is 0 Å². The van der Waals surface area contributed by atoms with Gasteiger partial charge in [0.15, 0.2) is 0 Å². The lowest BCUT2D eigenvalue weighted by Crippen LogP contribution is -2.42. The highest BCUT2D eigenvalue weighted by Crippen LogP contribution is 2.31. The molecule has 1 unspecified atom stereocenters. The molecule has 110 valence electrons. The number of likely N-dealkylation sites (tertiary alicyclic amines) is 1. The van der Waals surface area contributed by atoms with Gasteiger partial charge in [-0.05, 0) is 31.5 Å². The van der Waals surface area contributed by atoms with Gasteiger partial charge in [0, 0.05) is 11.6 Å². The number of piperidine rings is 1. The Balaban J connectivity index is 1.98. The van der Waals surface area contributed by atoms with Crippen LogP contribution in [0.15, 0.2) is 12.1 Å². The molecule has 20 heavy (non-hydrogen) atoms.